The highest BCUT2D eigenvalue weighted by Gasteiger charge is 2.78. The van der Waals surface area contributed by atoms with E-state index in [1.165, 1.54) is 76.8 Å². The maximum absolute atomic E-state index is 6.77. The largest absolute Gasteiger partial charge is 0.457 e. The van der Waals surface area contributed by atoms with Crippen LogP contribution < -0.4 is 13.9 Å². The molecule has 258 valence electrons. The highest BCUT2D eigenvalue weighted by Crippen LogP contribution is 2.76. The number of para-hydroxylation sites is 3. The molecule has 5 nitrogen and oxygen atoms in total. The molecule has 1 unspecified atom stereocenters. The van der Waals surface area contributed by atoms with Crippen molar-refractivity contribution in [3.05, 3.63) is 151 Å². The molecule has 7 aromatic rings. The van der Waals surface area contributed by atoms with Crippen LogP contribution in [0.15, 0.2) is 128 Å². The molecule has 2 aromatic heterocycles. The van der Waals surface area contributed by atoms with Crippen molar-refractivity contribution < 1.29 is 4.74 Å². The first-order chi connectivity index (χ1) is 25.3. The van der Waals surface area contributed by atoms with E-state index in [-0.39, 0.29) is 5.41 Å². The molecule has 1 saturated carbocycles. The molecule has 0 bridgehead atoms. The smallest absolute Gasteiger partial charge is 0.225 e. The normalized spacial score (nSPS) is 21.1. The monoisotopic (exact) mass is 681 g/mol. The van der Waals surface area contributed by atoms with Crippen molar-refractivity contribution >= 4 is 44.6 Å². The number of aromatic nitrogens is 2. The van der Waals surface area contributed by atoms with Gasteiger partial charge in [-0.05, 0) is 78.6 Å². The fourth-order valence-electron chi connectivity index (χ4n) is 9.48. The predicted molar refractivity (Wildman–Crippen MR) is 214 cm³/mol. The van der Waals surface area contributed by atoms with Crippen LogP contribution in [0.1, 0.15) is 75.5 Å². The number of fused-ring (bicyclic) bond motifs is 7. The van der Waals surface area contributed by atoms with Crippen LogP contribution in [-0.4, -0.2) is 9.55 Å². The van der Waals surface area contributed by atoms with Crippen LogP contribution >= 0.6 is 0 Å². The molecule has 5 aromatic carbocycles. The summed E-state index contributed by atoms with van der Waals surface area (Å²) in [6.45, 7) is 11.6. The van der Waals surface area contributed by atoms with Crippen LogP contribution in [0.25, 0.3) is 27.6 Å². The Balaban J connectivity index is 1.05. The molecule has 2 fully saturated rings. The molecule has 10 rings (SSSR count). The number of quaternary nitrogens is 2. The molecule has 0 radical (unpaired) electrons. The summed E-state index contributed by atoms with van der Waals surface area (Å²) >= 11 is 0. The average Bonchev–Trinajstić information content (AvgIpc) is 3.65. The predicted octanol–water partition coefficient (Wildman–Crippen LogP) is 13.0. The Labute approximate surface area is 306 Å². The lowest BCUT2D eigenvalue weighted by Crippen LogP contribution is -2.47. The van der Waals surface area contributed by atoms with Gasteiger partial charge in [0.05, 0.1) is 11.0 Å². The summed E-state index contributed by atoms with van der Waals surface area (Å²) in [6.07, 6.45) is 8.50. The van der Waals surface area contributed by atoms with Crippen LogP contribution in [0.3, 0.4) is 0 Å². The van der Waals surface area contributed by atoms with Gasteiger partial charge in [-0.3, -0.25) is 4.57 Å². The van der Waals surface area contributed by atoms with Gasteiger partial charge < -0.3 is 4.74 Å². The number of hydrogen-bond acceptors (Lipinski definition) is 2. The first-order valence-corrected chi connectivity index (χ1v) is 18.9. The van der Waals surface area contributed by atoms with E-state index in [1.807, 2.05) is 6.20 Å². The lowest BCUT2D eigenvalue weighted by Gasteiger charge is -2.41. The quantitative estimate of drug-likeness (QED) is 0.0992. The van der Waals surface area contributed by atoms with Crippen LogP contribution in [0.5, 0.6) is 11.5 Å². The third-order valence-electron chi connectivity index (χ3n) is 12.0. The molecular weight excluding hydrogens is 637 g/mol. The number of rotatable bonds is 6. The lowest BCUT2D eigenvalue weighted by atomic mass is 9.81. The van der Waals surface area contributed by atoms with Gasteiger partial charge in [0.25, 0.3) is 0 Å². The van der Waals surface area contributed by atoms with E-state index in [2.05, 4.69) is 160 Å². The van der Waals surface area contributed by atoms with E-state index in [0.29, 0.717) is 10.5 Å². The molecule has 0 N–H and O–H groups in total. The number of ether oxygens (including phenoxy) is 1. The van der Waals surface area contributed by atoms with Gasteiger partial charge in [-0.2, -0.15) is 9.18 Å². The van der Waals surface area contributed by atoms with Gasteiger partial charge in [-0.1, -0.05) is 88.6 Å². The van der Waals surface area contributed by atoms with Crippen molar-refractivity contribution in [2.45, 2.75) is 71.1 Å². The van der Waals surface area contributed by atoms with Crippen molar-refractivity contribution in [2.75, 3.05) is 0 Å². The number of nitrogens with zero attached hydrogens (tertiary/aromatic N) is 4. The molecular formula is C47H45N4O+. The van der Waals surface area contributed by atoms with E-state index in [0.717, 1.165) is 32.9 Å². The Bertz CT molecular complexity index is 2540. The van der Waals surface area contributed by atoms with E-state index in [1.54, 1.807) is 5.56 Å². The van der Waals surface area contributed by atoms with Crippen molar-refractivity contribution in [3.8, 4) is 17.3 Å². The van der Waals surface area contributed by atoms with Gasteiger partial charge in [0.15, 0.2) is 18.0 Å². The van der Waals surface area contributed by atoms with Gasteiger partial charge in [0.1, 0.15) is 17.3 Å². The number of pyridine rings is 1. The summed E-state index contributed by atoms with van der Waals surface area (Å²) < 4.78 is 10.5. The van der Waals surface area contributed by atoms with E-state index < -0.39 is 0 Å². The second-order valence-corrected chi connectivity index (χ2v) is 16.1. The molecule has 2 atom stereocenters. The zero-order valence-corrected chi connectivity index (χ0v) is 30.5. The van der Waals surface area contributed by atoms with Crippen molar-refractivity contribution in [2.24, 2.45) is 0 Å². The Morgan fingerprint density at radius 1 is 0.673 bits per heavy atom. The molecule has 2 aliphatic heterocycles. The summed E-state index contributed by atoms with van der Waals surface area (Å²) in [6, 6.07) is 44.1. The van der Waals surface area contributed by atoms with Crippen molar-refractivity contribution in [1.29, 1.82) is 0 Å². The molecule has 3 aliphatic rings. The zero-order valence-electron chi connectivity index (χ0n) is 30.5. The van der Waals surface area contributed by atoms with Crippen LogP contribution in [0.2, 0.25) is 0 Å². The molecule has 5 heteroatoms. The maximum atomic E-state index is 6.77. The van der Waals surface area contributed by atoms with Gasteiger partial charge in [-0.15, -0.1) is 0 Å². The van der Waals surface area contributed by atoms with Crippen LogP contribution in [-0.2, 0) is 5.41 Å². The van der Waals surface area contributed by atoms with E-state index in [9.17, 15) is 0 Å². The van der Waals surface area contributed by atoms with Crippen LogP contribution in [0, 0.1) is 13.6 Å². The maximum Gasteiger partial charge on any atom is 0.225 e. The van der Waals surface area contributed by atoms with Gasteiger partial charge in [-0.25, -0.2) is 4.98 Å². The minimum atomic E-state index is 0.0147. The lowest BCUT2D eigenvalue weighted by molar-refractivity contribution is 0.405. The highest BCUT2D eigenvalue weighted by molar-refractivity contribution is 6.09. The third-order valence-corrected chi connectivity index (χ3v) is 12.0. The fourth-order valence-corrected chi connectivity index (χ4v) is 9.48. The highest BCUT2D eigenvalue weighted by atomic mass is 16.5. The summed E-state index contributed by atoms with van der Waals surface area (Å²) in [4.78, 5) is 4.87. The number of hydrogen-bond donors (Lipinski definition) is 0. The SMILES string of the molecule is Cc1cccc([N@+]23[CH-][N+]2(c2cccc(Oc4ccc5c6ccccc6n(-c6cc(C(C)(C)C)ccn6)c5c4)c2)c2ccccc23)c1C1CCCCC1. The third kappa shape index (κ3) is 4.45. The molecule has 1 aliphatic carbocycles. The average molecular weight is 682 g/mol. The summed E-state index contributed by atoms with van der Waals surface area (Å²) in [5, 5.41) is 2.39. The van der Waals surface area contributed by atoms with Gasteiger partial charge in [0.2, 0.25) is 11.4 Å². The standard InChI is InChI=1S/C47H45N4O/c1-32-14-12-23-44(46(32)33-15-6-5-7-16-33)51-31-50(51,42-21-10-11-22-43(42)51)35-17-13-18-36(29-35)52-37-24-25-39-38-19-8-9-20-40(38)49(41(39)30-37)45-28-34(26-27-48-45)47(2,3)4/h8-14,17-31,33H,5-7,15-16H2,1-4H3/q+1/t50?,51-/m1/s1. The van der Waals surface area contributed by atoms with E-state index in [4.69, 9.17) is 9.72 Å². The first kappa shape index (κ1) is 31.5. The van der Waals surface area contributed by atoms with Crippen molar-refractivity contribution in [1.82, 2.24) is 18.7 Å². The molecule has 1 saturated heterocycles. The van der Waals surface area contributed by atoms with Crippen molar-refractivity contribution in [3.63, 3.8) is 0 Å². The Morgan fingerprint density at radius 3 is 2.21 bits per heavy atom. The van der Waals surface area contributed by atoms with Crippen LogP contribution in [0.4, 0.5) is 22.7 Å². The summed E-state index contributed by atoms with van der Waals surface area (Å²) in [5.41, 5.74) is 11.8. The molecule has 4 heterocycles. The van der Waals surface area contributed by atoms with Gasteiger partial charge >= 0.3 is 0 Å². The minimum absolute atomic E-state index is 0.0147. The Morgan fingerprint density at radius 2 is 1.38 bits per heavy atom. The first-order valence-electron chi connectivity index (χ1n) is 18.9. The molecule has 0 spiro atoms. The second-order valence-electron chi connectivity index (χ2n) is 16.1. The summed E-state index contributed by atoms with van der Waals surface area (Å²) in [5.74, 6) is 3.17. The number of aryl methyl sites for hydroxylation is 1. The molecule has 0 amide bonds. The zero-order chi connectivity index (χ0) is 35.2. The van der Waals surface area contributed by atoms with Gasteiger partial charge in [0, 0.05) is 58.9 Å². The summed E-state index contributed by atoms with van der Waals surface area (Å²) in [7, 11) is 0. The fraction of sp³-hybridized carbons (Fsp3) is 0.234. The minimum Gasteiger partial charge on any atom is -0.457 e. The van der Waals surface area contributed by atoms with E-state index >= 15 is 0 Å². The Kier molecular flexibility index (Phi) is 6.90. The topological polar surface area (TPSA) is 27.1 Å². The number of benzene rings is 5. The molecule has 52 heavy (non-hydrogen) atoms. The Hall–Kier alpha value is -5.23. The second kappa shape index (κ2) is 11.4.